The maximum atomic E-state index is 12.1. The highest BCUT2D eigenvalue weighted by molar-refractivity contribution is 9.11. The molecule has 6 heteroatoms. The van der Waals surface area contributed by atoms with Gasteiger partial charge in [0, 0.05) is 19.1 Å². The molecule has 0 unspecified atom stereocenters. The first kappa shape index (κ1) is 15.0. The van der Waals surface area contributed by atoms with Crippen LogP contribution in [0.1, 0.15) is 22.5 Å². The molecule has 1 amide bonds. The summed E-state index contributed by atoms with van der Waals surface area (Å²) in [5, 5.41) is 6.40. The monoisotopic (exact) mass is 346 g/mol. The number of carbonyl (C=O) groups is 1. The normalized spacial score (nSPS) is 18.2. The van der Waals surface area contributed by atoms with Crippen LogP contribution in [0.2, 0.25) is 0 Å². The van der Waals surface area contributed by atoms with Gasteiger partial charge in [-0.2, -0.15) is 0 Å². The summed E-state index contributed by atoms with van der Waals surface area (Å²) in [7, 11) is 1.72. The van der Waals surface area contributed by atoms with Gasteiger partial charge in [-0.05, 0) is 54.0 Å². The van der Waals surface area contributed by atoms with Crippen LogP contribution in [0.5, 0.6) is 0 Å². The molecule has 0 aromatic carbocycles. The van der Waals surface area contributed by atoms with Crippen molar-refractivity contribution < 1.29 is 9.53 Å². The molecule has 1 fully saturated rings. The Morgan fingerprint density at radius 2 is 2.26 bits per heavy atom. The van der Waals surface area contributed by atoms with Gasteiger partial charge in [-0.1, -0.05) is 0 Å². The van der Waals surface area contributed by atoms with Gasteiger partial charge in [0.1, 0.15) is 0 Å². The first-order valence-corrected chi connectivity index (χ1v) is 7.99. The number of thiophene rings is 1. The third-order valence-electron chi connectivity index (χ3n) is 3.54. The molecule has 1 aromatic heterocycles. The minimum absolute atomic E-state index is 0.00436. The van der Waals surface area contributed by atoms with Crippen molar-refractivity contribution in [3.63, 3.8) is 0 Å². The number of methoxy groups -OCH3 is 1. The highest BCUT2D eigenvalue weighted by Gasteiger charge is 2.32. The van der Waals surface area contributed by atoms with E-state index in [2.05, 4.69) is 26.6 Å². The van der Waals surface area contributed by atoms with Gasteiger partial charge >= 0.3 is 0 Å². The SMILES string of the molecule is COCC1(CNC(=O)c2ccc(Br)s2)CCNCC1. The minimum Gasteiger partial charge on any atom is -0.384 e. The van der Waals surface area contributed by atoms with E-state index < -0.39 is 0 Å². The van der Waals surface area contributed by atoms with Crippen molar-refractivity contribution in [2.24, 2.45) is 5.41 Å². The predicted molar refractivity (Wildman–Crippen MR) is 80.8 cm³/mol. The van der Waals surface area contributed by atoms with Gasteiger partial charge in [0.25, 0.3) is 5.91 Å². The Labute approximate surface area is 126 Å². The molecule has 106 valence electrons. The third kappa shape index (κ3) is 4.02. The molecule has 1 aliphatic heterocycles. The summed E-state index contributed by atoms with van der Waals surface area (Å²) in [4.78, 5) is 12.8. The van der Waals surface area contributed by atoms with Gasteiger partial charge < -0.3 is 15.4 Å². The molecule has 0 aliphatic carbocycles. The zero-order valence-corrected chi connectivity index (χ0v) is 13.4. The quantitative estimate of drug-likeness (QED) is 0.859. The van der Waals surface area contributed by atoms with E-state index in [9.17, 15) is 4.79 Å². The fourth-order valence-corrected chi connectivity index (χ4v) is 3.73. The van der Waals surface area contributed by atoms with Crippen LogP contribution in [-0.2, 0) is 4.74 Å². The predicted octanol–water partition coefficient (Wildman–Crippen LogP) is 2.26. The summed E-state index contributed by atoms with van der Waals surface area (Å²) in [6.07, 6.45) is 2.07. The van der Waals surface area contributed by atoms with Crippen LogP contribution in [0.15, 0.2) is 15.9 Å². The summed E-state index contributed by atoms with van der Waals surface area (Å²) in [5.41, 5.74) is 0.0736. The molecule has 2 rings (SSSR count). The van der Waals surface area contributed by atoms with E-state index >= 15 is 0 Å². The lowest BCUT2D eigenvalue weighted by atomic mass is 9.79. The van der Waals surface area contributed by atoms with Crippen molar-refractivity contribution in [3.8, 4) is 0 Å². The van der Waals surface area contributed by atoms with Crippen LogP contribution >= 0.6 is 27.3 Å². The van der Waals surface area contributed by atoms with Crippen LogP contribution in [0.25, 0.3) is 0 Å². The maximum absolute atomic E-state index is 12.1. The number of ether oxygens (including phenoxy) is 1. The lowest BCUT2D eigenvalue weighted by Crippen LogP contribution is -2.47. The summed E-state index contributed by atoms with van der Waals surface area (Å²) in [6, 6.07) is 3.74. The topological polar surface area (TPSA) is 50.4 Å². The lowest BCUT2D eigenvalue weighted by Gasteiger charge is -2.37. The molecule has 0 bridgehead atoms. The Hall–Kier alpha value is -0.430. The smallest absolute Gasteiger partial charge is 0.261 e. The number of halogens is 1. The molecule has 1 aromatic rings. The Kier molecular flexibility index (Phi) is 5.38. The van der Waals surface area contributed by atoms with Crippen molar-refractivity contribution >= 4 is 33.2 Å². The Balaban J connectivity index is 1.93. The highest BCUT2D eigenvalue weighted by Crippen LogP contribution is 2.28. The molecular weight excluding hydrogens is 328 g/mol. The zero-order chi connectivity index (χ0) is 13.7. The van der Waals surface area contributed by atoms with Crippen LogP contribution < -0.4 is 10.6 Å². The Bertz CT molecular complexity index is 425. The summed E-state index contributed by atoms with van der Waals surface area (Å²) < 4.78 is 6.32. The van der Waals surface area contributed by atoms with Gasteiger partial charge in [-0.3, -0.25) is 4.79 Å². The number of nitrogens with one attached hydrogen (secondary N) is 2. The van der Waals surface area contributed by atoms with Crippen molar-refractivity contribution in [1.29, 1.82) is 0 Å². The molecule has 0 saturated carbocycles. The lowest BCUT2D eigenvalue weighted by molar-refractivity contribution is 0.0512. The van der Waals surface area contributed by atoms with Crippen LogP contribution in [-0.4, -0.2) is 39.3 Å². The first-order valence-electron chi connectivity index (χ1n) is 6.38. The fourth-order valence-electron chi connectivity index (χ4n) is 2.43. The largest absolute Gasteiger partial charge is 0.384 e. The van der Waals surface area contributed by atoms with Crippen molar-refractivity contribution in [2.75, 3.05) is 33.4 Å². The van der Waals surface area contributed by atoms with E-state index in [-0.39, 0.29) is 11.3 Å². The van der Waals surface area contributed by atoms with E-state index in [0.29, 0.717) is 13.2 Å². The van der Waals surface area contributed by atoms with Crippen LogP contribution in [0, 0.1) is 5.41 Å². The number of piperidine rings is 1. The summed E-state index contributed by atoms with van der Waals surface area (Å²) in [6.45, 7) is 3.35. The Morgan fingerprint density at radius 1 is 1.53 bits per heavy atom. The van der Waals surface area contributed by atoms with Crippen LogP contribution in [0.3, 0.4) is 0 Å². The second kappa shape index (κ2) is 6.83. The number of hydrogen-bond donors (Lipinski definition) is 2. The molecule has 19 heavy (non-hydrogen) atoms. The average Bonchev–Trinajstić information content (AvgIpc) is 2.84. The molecule has 4 nitrogen and oxygen atoms in total. The van der Waals surface area contributed by atoms with Crippen LogP contribution in [0.4, 0.5) is 0 Å². The first-order chi connectivity index (χ1) is 9.15. The fraction of sp³-hybridized carbons (Fsp3) is 0.615. The number of rotatable bonds is 5. The number of carbonyl (C=O) groups excluding carboxylic acids is 1. The average molecular weight is 347 g/mol. The second-order valence-corrected chi connectivity index (χ2v) is 7.43. The molecule has 2 heterocycles. The van der Waals surface area contributed by atoms with Gasteiger partial charge in [0.15, 0.2) is 0 Å². The van der Waals surface area contributed by atoms with E-state index in [4.69, 9.17) is 4.74 Å². The Morgan fingerprint density at radius 3 is 2.84 bits per heavy atom. The second-order valence-electron chi connectivity index (χ2n) is 4.97. The van der Waals surface area contributed by atoms with E-state index in [0.717, 1.165) is 34.6 Å². The molecule has 1 aliphatic rings. The highest BCUT2D eigenvalue weighted by atomic mass is 79.9. The maximum Gasteiger partial charge on any atom is 0.261 e. The summed E-state index contributed by atoms with van der Waals surface area (Å²) in [5.74, 6) is 0.00436. The standard InChI is InChI=1S/C13H19BrN2O2S/c1-18-9-13(4-6-15-7-5-13)8-16-12(17)10-2-3-11(14)19-10/h2-3,15H,4-9H2,1H3,(H,16,17). The van der Waals surface area contributed by atoms with Crippen molar-refractivity contribution in [3.05, 3.63) is 20.8 Å². The van der Waals surface area contributed by atoms with Gasteiger partial charge in [0.2, 0.25) is 0 Å². The summed E-state index contributed by atoms with van der Waals surface area (Å²) >= 11 is 4.83. The third-order valence-corrected chi connectivity index (χ3v) is 5.16. The number of amides is 1. The van der Waals surface area contributed by atoms with Gasteiger partial charge in [0.05, 0.1) is 15.3 Å². The zero-order valence-electron chi connectivity index (χ0n) is 11.0. The van der Waals surface area contributed by atoms with E-state index in [1.54, 1.807) is 7.11 Å². The molecule has 2 N–H and O–H groups in total. The van der Waals surface area contributed by atoms with Gasteiger partial charge in [-0.15, -0.1) is 11.3 Å². The molecule has 0 radical (unpaired) electrons. The van der Waals surface area contributed by atoms with E-state index in [1.165, 1.54) is 11.3 Å². The van der Waals surface area contributed by atoms with Gasteiger partial charge in [-0.25, -0.2) is 0 Å². The molecule has 1 saturated heterocycles. The van der Waals surface area contributed by atoms with E-state index in [1.807, 2.05) is 12.1 Å². The number of hydrogen-bond acceptors (Lipinski definition) is 4. The van der Waals surface area contributed by atoms with Crippen molar-refractivity contribution in [1.82, 2.24) is 10.6 Å². The minimum atomic E-state index is 0.00436. The molecule has 0 spiro atoms. The molecule has 0 atom stereocenters. The molecular formula is C13H19BrN2O2S. The van der Waals surface area contributed by atoms with Crippen molar-refractivity contribution in [2.45, 2.75) is 12.8 Å².